The number of rotatable bonds is 5. The molecule has 1 aliphatic heterocycles. The van der Waals surface area contributed by atoms with E-state index >= 15 is 0 Å². The van der Waals surface area contributed by atoms with Crippen molar-refractivity contribution < 1.29 is 18.0 Å². The van der Waals surface area contributed by atoms with Gasteiger partial charge in [-0.25, -0.2) is 8.42 Å². The Hall–Kier alpha value is -2.15. The summed E-state index contributed by atoms with van der Waals surface area (Å²) in [5.41, 5.74) is 1.46. The maximum atomic E-state index is 12.9. The lowest BCUT2D eigenvalue weighted by Gasteiger charge is -2.26. The van der Waals surface area contributed by atoms with Gasteiger partial charge in [-0.2, -0.15) is 0 Å². The number of ketones is 1. The van der Waals surface area contributed by atoms with Crippen molar-refractivity contribution in [1.82, 2.24) is 9.88 Å². The number of fused-ring (bicyclic) bond motifs is 1. The lowest BCUT2D eigenvalue weighted by Crippen LogP contribution is -2.43. The van der Waals surface area contributed by atoms with E-state index in [2.05, 4.69) is 5.32 Å². The predicted molar refractivity (Wildman–Crippen MR) is 101 cm³/mol. The van der Waals surface area contributed by atoms with Gasteiger partial charge in [0, 0.05) is 28.7 Å². The van der Waals surface area contributed by atoms with Crippen LogP contribution >= 0.6 is 0 Å². The van der Waals surface area contributed by atoms with Crippen molar-refractivity contribution in [1.29, 1.82) is 0 Å². The van der Waals surface area contributed by atoms with Crippen LogP contribution in [-0.2, 0) is 14.6 Å². The number of sulfone groups is 1. The highest BCUT2D eigenvalue weighted by atomic mass is 32.2. The molecule has 6 nitrogen and oxygen atoms in total. The van der Waals surface area contributed by atoms with Crippen molar-refractivity contribution >= 4 is 32.4 Å². The minimum atomic E-state index is -2.96. The molecule has 1 atom stereocenters. The van der Waals surface area contributed by atoms with E-state index in [0.29, 0.717) is 24.8 Å². The first kappa shape index (κ1) is 18.6. The number of hydrogen-bond donors (Lipinski definition) is 1. The molecule has 0 saturated carbocycles. The summed E-state index contributed by atoms with van der Waals surface area (Å²) in [6, 6.07) is 7.01. The Kier molecular flexibility index (Phi) is 5.18. The second-order valence-corrected chi connectivity index (χ2v) is 9.19. The number of aromatic nitrogens is 1. The van der Waals surface area contributed by atoms with E-state index in [1.54, 1.807) is 6.20 Å². The number of carbonyl (C=O) groups is 2. The molecule has 7 heteroatoms. The zero-order valence-corrected chi connectivity index (χ0v) is 15.9. The number of nitrogens with zero attached hydrogens (tertiary/aromatic N) is 1. The summed E-state index contributed by atoms with van der Waals surface area (Å²) >= 11 is 0. The summed E-state index contributed by atoms with van der Waals surface area (Å²) in [5.74, 6) is 0.0751. The molecule has 1 amide bonds. The molecule has 0 radical (unpaired) electrons. The summed E-state index contributed by atoms with van der Waals surface area (Å²) in [6.45, 7) is 3.45. The number of benzene rings is 1. The maximum Gasteiger partial charge on any atom is 0.243 e. The zero-order chi connectivity index (χ0) is 18.9. The number of para-hydroxylation sites is 1. The normalized spacial score (nSPS) is 18.5. The lowest BCUT2D eigenvalue weighted by molar-refractivity contribution is -0.125. The first-order valence-corrected chi connectivity index (χ1v) is 10.8. The van der Waals surface area contributed by atoms with Crippen molar-refractivity contribution in [3.63, 3.8) is 0 Å². The quantitative estimate of drug-likeness (QED) is 0.813. The molecule has 0 aliphatic carbocycles. The molecule has 0 unspecified atom stereocenters. The SMILES string of the molecule is CC[C@@H](C(=O)NC1CCS(=O)(=O)CC1)n1cc(C(C)=O)c2ccccc21. The molecule has 1 saturated heterocycles. The Morgan fingerprint density at radius 2 is 1.88 bits per heavy atom. The molecule has 0 bridgehead atoms. The van der Waals surface area contributed by atoms with E-state index in [1.165, 1.54) is 6.92 Å². The molecule has 2 heterocycles. The van der Waals surface area contributed by atoms with E-state index < -0.39 is 15.9 Å². The fourth-order valence-corrected chi connectivity index (χ4v) is 5.07. The summed E-state index contributed by atoms with van der Waals surface area (Å²) in [7, 11) is -2.96. The predicted octanol–water partition coefficient (Wildman–Crippen LogP) is 2.49. The van der Waals surface area contributed by atoms with Crippen LogP contribution in [0.15, 0.2) is 30.5 Å². The van der Waals surface area contributed by atoms with Crippen LogP contribution in [0.4, 0.5) is 0 Å². The van der Waals surface area contributed by atoms with E-state index in [-0.39, 0.29) is 29.2 Å². The van der Waals surface area contributed by atoms with Gasteiger partial charge in [0.1, 0.15) is 15.9 Å². The van der Waals surface area contributed by atoms with Crippen LogP contribution in [0.5, 0.6) is 0 Å². The highest BCUT2D eigenvalue weighted by Crippen LogP contribution is 2.27. The van der Waals surface area contributed by atoms with Gasteiger partial charge in [-0.3, -0.25) is 9.59 Å². The van der Waals surface area contributed by atoms with Gasteiger partial charge in [-0.05, 0) is 32.3 Å². The van der Waals surface area contributed by atoms with Crippen molar-refractivity contribution in [3.05, 3.63) is 36.0 Å². The van der Waals surface area contributed by atoms with Gasteiger partial charge in [0.15, 0.2) is 5.78 Å². The van der Waals surface area contributed by atoms with Gasteiger partial charge >= 0.3 is 0 Å². The average Bonchev–Trinajstić information content (AvgIpc) is 2.97. The lowest BCUT2D eigenvalue weighted by atomic mass is 10.1. The maximum absolute atomic E-state index is 12.9. The third-order valence-corrected chi connectivity index (χ3v) is 6.76. The van der Waals surface area contributed by atoms with Crippen LogP contribution in [0.3, 0.4) is 0 Å². The van der Waals surface area contributed by atoms with Crippen LogP contribution in [0.25, 0.3) is 10.9 Å². The number of amides is 1. The highest BCUT2D eigenvalue weighted by molar-refractivity contribution is 7.91. The Morgan fingerprint density at radius 1 is 1.23 bits per heavy atom. The molecule has 1 aliphatic rings. The molecular weight excluding hydrogens is 352 g/mol. The largest absolute Gasteiger partial charge is 0.352 e. The van der Waals surface area contributed by atoms with Crippen LogP contribution in [0.2, 0.25) is 0 Å². The van der Waals surface area contributed by atoms with Crippen LogP contribution in [0, 0.1) is 0 Å². The number of carbonyl (C=O) groups excluding carboxylic acids is 2. The average molecular weight is 376 g/mol. The summed E-state index contributed by atoms with van der Waals surface area (Å²) in [5, 5.41) is 3.84. The van der Waals surface area contributed by atoms with Crippen molar-refractivity contribution in [2.75, 3.05) is 11.5 Å². The van der Waals surface area contributed by atoms with Crippen LogP contribution in [0.1, 0.15) is 49.5 Å². The molecule has 1 aromatic heterocycles. The van der Waals surface area contributed by atoms with Crippen LogP contribution in [-0.4, -0.2) is 42.2 Å². The second kappa shape index (κ2) is 7.23. The number of Topliss-reactive ketones (excluding diaryl/α,β-unsaturated/α-hetero) is 1. The Labute approximate surface area is 153 Å². The van der Waals surface area contributed by atoms with Gasteiger partial charge in [0.05, 0.1) is 11.5 Å². The number of hydrogen-bond acceptors (Lipinski definition) is 4. The fourth-order valence-electron chi connectivity index (χ4n) is 3.58. The molecule has 1 fully saturated rings. The monoisotopic (exact) mass is 376 g/mol. The molecule has 26 heavy (non-hydrogen) atoms. The highest BCUT2D eigenvalue weighted by Gasteiger charge is 2.28. The molecule has 0 spiro atoms. The fraction of sp³-hybridized carbons (Fsp3) is 0.474. The Balaban J connectivity index is 1.86. The second-order valence-electron chi connectivity index (χ2n) is 6.88. The minimum absolute atomic E-state index is 0.0345. The molecule has 3 rings (SSSR count). The first-order chi connectivity index (χ1) is 12.3. The molecule has 1 aromatic carbocycles. The van der Waals surface area contributed by atoms with Crippen molar-refractivity contribution in [2.24, 2.45) is 0 Å². The third kappa shape index (κ3) is 3.67. The third-order valence-electron chi connectivity index (χ3n) is 5.05. The summed E-state index contributed by atoms with van der Waals surface area (Å²) in [6.07, 6.45) is 3.24. The van der Waals surface area contributed by atoms with E-state index in [4.69, 9.17) is 0 Å². The van der Waals surface area contributed by atoms with Gasteiger partial charge in [0.25, 0.3) is 0 Å². The minimum Gasteiger partial charge on any atom is -0.352 e. The first-order valence-electron chi connectivity index (χ1n) is 8.93. The summed E-state index contributed by atoms with van der Waals surface area (Å²) in [4.78, 5) is 24.8. The van der Waals surface area contributed by atoms with Gasteiger partial charge in [-0.15, -0.1) is 0 Å². The number of nitrogens with one attached hydrogen (secondary N) is 1. The van der Waals surface area contributed by atoms with Crippen molar-refractivity contribution in [2.45, 2.75) is 45.2 Å². The van der Waals surface area contributed by atoms with Gasteiger partial charge in [-0.1, -0.05) is 25.1 Å². The Morgan fingerprint density at radius 3 is 2.50 bits per heavy atom. The smallest absolute Gasteiger partial charge is 0.243 e. The Bertz CT molecular complexity index is 932. The molecular formula is C19H24N2O4S. The standard InChI is InChI=1S/C19H24N2O4S/c1-3-17(19(23)20-14-8-10-26(24,25)11-9-14)21-12-16(13(2)22)15-6-4-5-7-18(15)21/h4-7,12,14,17H,3,8-11H2,1-2H3,(H,20,23)/t17-/m0/s1. The van der Waals surface area contributed by atoms with Crippen molar-refractivity contribution in [3.8, 4) is 0 Å². The topological polar surface area (TPSA) is 85.2 Å². The van der Waals surface area contributed by atoms with Crippen LogP contribution < -0.4 is 5.32 Å². The molecule has 2 aromatic rings. The zero-order valence-electron chi connectivity index (χ0n) is 15.1. The summed E-state index contributed by atoms with van der Waals surface area (Å²) < 4.78 is 25.0. The van der Waals surface area contributed by atoms with E-state index in [9.17, 15) is 18.0 Å². The van der Waals surface area contributed by atoms with Gasteiger partial charge < -0.3 is 9.88 Å². The van der Waals surface area contributed by atoms with Gasteiger partial charge in [0.2, 0.25) is 5.91 Å². The van der Waals surface area contributed by atoms with E-state index in [1.807, 2.05) is 35.8 Å². The molecule has 140 valence electrons. The molecule has 1 N–H and O–H groups in total. The van der Waals surface area contributed by atoms with E-state index in [0.717, 1.165) is 10.9 Å².